The largest absolute Gasteiger partial charge is 0.480 e. The van der Waals surface area contributed by atoms with Crippen LogP contribution in [0.2, 0.25) is 0 Å². The summed E-state index contributed by atoms with van der Waals surface area (Å²) in [6.07, 6.45) is 1.32. The first-order valence-corrected chi connectivity index (χ1v) is 9.08. The molecular weight excluding hydrogens is 356 g/mol. The molecule has 0 aromatic rings. The number of likely N-dealkylation sites (tertiary alicyclic amines) is 1. The number of amides is 3. The summed E-state index contributed by atoms with van der Waals surface area (Å²) in [5.74, 6) is -2.68. The number of hydrogen-bond acceptors (Lipinski definition) is 6. The maximum atomic E-state index is 12.8. The minimum Gasteiger partial charge on any atom is -0.480 e. The molecule has 1 rings (SSSR count). The lowest BCUT2D eigenvalue weighted by Gasteiger charge is -2.29. The highest BCUT2D eigenvalue weighted by Crippen LogP contribution is 2.20. The molecule has 10 nitrogen and oxygen atoms in total. The number of carboxylic acid groups (broad SMARTS) is 1. The molecule has 1 aliphatic heterocycles. The highest BCUT2D eigenvalue weighted by Gasteiger charge is 2.38. The average Bonchev–Trinajstić information content (AvgIpc) is 3.09. The molecule has 0 aliphatic carbocycles. The van der Waals surface area contributed by atoms with Crippen molar-refractivity contribution in [2.24, 2.45) is 11.7 Å². The maximum Gasteiger partial charge on any atom is 0.326 e. The van der Waals surface area contributed by atoms with Crippen molar-refractivity contribution in [3.63, 3.8) is 0 Å². The van der Waals surface area contributed by atoms with Crippen molar-refractivity contribution in [2.75, 3.05) is 13.2 Å². The third-order valence-corrected chi connectivity index (χ3v) is 4.43. The molecule has 0 aromatic heterocycles. The van der Waals surface area contributed by atoms with E-state index in [-0.39, 0.29) is 5.92 Å². The normalized spacial score (nSPS) is 20.1. The van der Waals surface area contributed by atoms with Crippen LogP contribution >= 0.6 is 0 Å². The second-order valence-electron chi connectivity index (χ2n) is 7.24. The summed E-state index contributed by atoms with van der Waals surface area (Å²) in [4.78, 5) is 49.6. The molecule has 1 saturated heterocycles. The number of nitrogens with zero attached hydrogens (tertiary/aromatic N) is 1. The zero-order valence-electron chi connectivity index (χ0n) is 16.0. The van der Waals surface area contributed by atoms with Gasteiger partial charge < -0.3 is 31.5 Å². The molecule has 4 atom stereocenters. The van der Waals surface area contributed by atoms with Gasteiger partial charge in [0.2, 0.25) is 17.7 Å². The van der Waals surface area contributed by atoms with Crippen molar-refractivity contribution in [1.29, 1.82) is 0 Å². The van der Waals surface area contributed by atoms with Gasteiger partial charge in [-0.15, -0.1) is 0 Å². The van der Waals surface area contributed by atoms with E-state index in [1.807, 2.05) is 13.8 Å². The van der Waals surface area contributed by atoms with E-state index in [2.05, 4.69) is 10.6 Å². The van der Waals surface area contributed by atoms with Crippen LogP contribution in [0, 0.1) is 5.92 Å². The van der Waals surface area contributed by atoms with Gasteiger partial charge >= 0.3 is 5.97 Å². The third kappa shape index (κ3) is 6.47. The molecule has 154 valence electrons. The highest BCUT2D eigenvalue weighted by molar-refractivity contribution is 5.94. The van der Waals surface area contributed by atoms with Gasteiger partial charge in [-0.3, -0.25) is 14.4 Å². The number of aliphatic carboxylic acids is 1. The van der Waals surface area contributed by atoms with Crippen LogP contribution in [0.4, 0.5) is 0 Å². The predicted molar refractivity (Wildman–Crippen MR) is 96.4 cm³/mol. The Morgan fingerprint density at radius 3 is 2.30 bits per heavy atom. The van der Waals surface area contributed by atoms with Crippen LogP contribution in [-0.4, -0.2) is 76.1 Å². The van der Waals surface area contributed by atoms with Gasteiger partial charge in [0, 0.05) is 6.54 Å². The second kappa shape index (κ2) is 10.2. The highest BCUT2D eigenvalue weighted by atomic mass is 16.4. The van der Waals surface area contributed by atoms with E-state index < -0.39 is 54.5 Å². The van der Waals surface area contributed by atoms with Gasteiger partial charge in [-0.2, -0.15) is 0 Å². The zero-order valence-corrected chi connectivity index (χ0v) is 16.0. The first kappa shape index (κ1) is 22.8. The Morgan fingerprint density at radius 2 is 1.78 bits per heavy atom. The summed E-state index contributed by atoms with van der Waals surface area (Å²) in [5, 5.41) is 23.1. The Morgan fingerprint density at radius 1 is 1.15 bits per heavy atom. The van der Waals surface area contributed by atoms with Gasteiger partial charge in [-0.25, -0.2) is 4.79 Å². The van der Waals surface area contributed by atoms with Crippen LogP contribution < -0.4 is 16.4 Å². The van der Waals surface area contributed by atoms with Crippen LogP contribution in [0.5, 0.6) is 0 Å². The molecule has 1 fully saturated rings. The van der Waals surface area contributed by atoms with Gasteiger partial charge in [0.15, 0.2) is 0 Å². The van der Waals surface area contributed by atoms with Gasteiger partial charge in [0.25, 0.3) is 0 Å². The first-order chi connectivity index (χ1) is 12.6. The molecule has 6 N–H and O–H groups in total. The average molecular weight is 386 g/mol. The topological polar surface area (TPSA) is 162 Å². The van der Waals surface area contributed by atoms with Crippen molar-refractivity contribution >= 4 is 23.7 Å². The minimum atomic E-state index is -1.14. The number of rotatable bonds is 9. The van der Waals surface area contributed by atoms with Crippen molar-refractivity contribution in [3.05, 3.63) is 0 Å². The smallest absolute Gasteiger partial charge is 0.326 e. The van der Waals surface area contributed by atoms with Crippen LogP contribution in [0.25, 0.3) is 0 Å². The van der Waals surface area contributed by atoms with Gasteiger partial charge in [-0.05, 0) is 32.1 Å². The SMILES string of the molecule is CC(C)CC(NC(=O)C(C)NC(=O)C(N)CO)C(=O)N1CCCC1C(=O)O. The van der Waals surface area contributed by atoms with E-state index in [1.165, 1.54) is 11.8 Å². The van der Waals surface area contributed by atoms with E-state index >= 15 is 0 Å². The van der Waals surface area contributed by atoms with Gasteiger partial charge in [0.1, 0.15) is 24.2 Å². The van der Waals surface area contributed by atoms with Gasteiger partial charge in [-0.1, -0.05) is 13.8 Å². The molecule has 1 heterocycles. The second-order valence-corrected chi connectivity index (χ2v) is 7.24. The molecule has 0 saturated carbocycles. The zero-order chi connectivity index (χ0) is 20.7. The third-order valence-electron chi connectivity index (χ3n) is 4.43. The number of aliphatic hydroxyl groups is 1. The summed E-state index contributed by atoms with van der Waals surface area (Å²) < 4.78 is 0. The van der Waals surface area contributed by atoms with Crippen molar-refractivity contribution in [1.82, 2.24) is 15.5 Å². The van der Waals surface area contributed by atoms with Crippen LogP contribution in [0.15, 0.2) is 0 Å². The van der Waals surface area contributed by atoms with Crippen molar-refractivity contribution < 1.29 is 29.4 Å². The molecule has 0 radical (unpaired) electrons. The number of nitrogens with two attached hydrogens (primary N) is 1. The number of carboxylic acids is 1. The lowest BCUT2D eigenvalue weighted by molar-refractivity contribution is -0.149. The van der Waals surface area contributed by atoms with E-state index in [1.54, 1.807) is 0 Å². The fourth-order valence-electron chi connectivity index (χ4n) is 2.95. The van der Waals surface area contributed by atoms with Crippen molar-refractivity contribution in [2.45, 2.75) is 64.2 Å². The van der Waals surface area contributed by atoms with Gasteiger partial charge in [0.05, 0.1) is 6.61 Å². The van der Waals surface area contributed by atoms with Crippen LogP contribution in [0.3, 0.4) is 0 Å². The number of aliphatic hydroxyl groups excluding tert-OH is 1. The molecule has 4 unspecified atom stereocenters. The Balaban J connectivity index is 2.81. The summed E-state index contributed by atoms with van der Waals surface area (Å²) in [5.41, 5.74) is 5.40. The number of hydrogen-bond donors (Lipinski definition) is 5. The lowest BCUT2D eigenvalue weighted by atomic mass is 10.0. The standard InChI is InChI=1S/C17H30N4O6/c1-9(2)7-12(16(25)21-6-4-5-13(21)17(26)27)20-14(23)10(3)19-15(24)11(18)8-22/h9-13,22H,4-8,18H2,1-3H3,(H,19,24)(H,20,23)(H,26,27). The molecular formula is C17H30N4O6. The van der Waals surface area contributed by atoms with Crippen LogP contribution in [-0.2, 0) is 19.2 Å². The summed E-state index contributed by atoms with van der Waals surface area (Å²) in [7, 11) is 0. The predicted octanol–water partition coefficient (Wildman–Crippen LogP) is -1.58. The number of nitrogens with one attached hydrogen (secondary N) is 2. The molecule has 0 spiro atoms. The molecule has 10 heteroatoms. The fraction of sp³-hybridized carbons (Fsp3) is 0.765. The van der Waals surface area contributed by atoms with Crippen molar-refractivity contribution in [3.8, 4) is 0 Å². The summed E-state index contributed by atoms with van der Waals surface area (Å²) in [6, 6.07) is -3.88. The first-order valence-electron chi connectivity index (χ1n) is 9.08. The maximum absolute atomic E-state index is 12.8. The quantitative estimate of drug-likeness (QED) is 0.319. The van der Waals surface area contributed by atoms with E-state index in [9.17, 15) is 24.3 Å². The number of carbonyl (C=O) groups excluding carboxylic acids is 3. The number of carbonyl (C=O) groups is 4. The fourth-order valence-corrected chi connectivity index (χ4v) is 2.95. The summed E-state index contributed by atoms with van der Waals surface area (Å²) >= 11 is 0. The molecule has 3 amide bonds. The summed E-state index contributed by atoms with van der Waals surface area (Å²) in [6.45, 7) is 4.98. The Hall–Kier alpha value is -2.20. The Kier molecular flexibility index (Phi) is 8.64. The Labute approximate surface area is 158 Å². The molecule has 0 bridgehead atoms. The van der Waals surface area contributed by atoms with E-state index in [4.69, 9.17) is 10.8 Å². The monoisotopic (exact) mass is 386 g/mol. The van der Waals surface area contributed by atoms with Crippen LogP contribution in [0.1, 0.15) is 40.0 Å². The lowest BCUT2D eigenvalue weighted by Crippen LogP contribution is -2.56. The molecule has 1 aliphatic rings. The molecule has 27 heavy (non-hydrogen) atoms. The Bertz CT molecular complexity index is 568. The van der Waals surface area contributed by atoms with E-state index in [0.717, 1.165) is 0 Å². The minimum absolute atomic E-state index is 0.0813. The molecule has 0 aromatic carbocycles. The van der Waals surface area contributed by atoms with E-state index in [0.29, 0.717) is 25.8 Å².